The molecule has 1 saturated heterocycles. The number of carbonyl (C=O) groups excluding carboxylic acids is 1. The number of amides is 1. The van der Waals surface area contributed by atoms with Crippen molar-refractivity contribution >= 4 is 11.9 Å². The maximum absolute atomic E-state index is 11.3. The molecule has 0 aromatic carbocycles. The molecule has 2 atom stereocenters. The molecule has 0 spiro atoms. The summed E-state index contributed by atoms with van der Waals surface area (Å²) in [7, 11) is 0. The molecule has 14 heavy (non-hydrogen) atoms. The molecule has 4 heteroatoms. The summed E-state index contributed by atoms with van der Waals surface area (Å²) in [4.78, 5) is 23.7. The highest BCUT2D eigenvalue weighted by atomic mass is 16.4. The van der Waals surface area contributed by atoms with E-state index < -0.39 is 6.09 Å². The first-order valence-electron chi connectivity index (χ1n) is 5.20. The quantitative estimate of drug-likeness (QED) is 0.640. The van der Waals surface area contributed by atoms with Crippen LogP contribution >= 0.6 is 0 Å². The van der Waals surface area contributed by atoms with Gasteiger partial charge in [0.2, 0.25) is 0 Å². The summed E-state index contributed by atoms with van der Waals surface area (Å²) in [6, 6.07) is -0.0255. The molecule has 1 aliphatic carbocycles. The van der Waals surface area contributed by atoms with Gasteiger partial charge in [-0.25, -0.2) is 4.79 Å². The fourth-order valence-electron chi connectivity index (χ4n) is 2.67. The third-order valence-corrected chi connectivity index (χ3v) is 3.39. The van der Waals surface area contributed by atoms with Crippen molar-refractivity contribution in [2.24, 2.45) is 5.92 Å². The first kappa shape index (κ1) is 9.49. The molecule has 1 N–H and O–H groups in total. The minimum absolute atomic E-state index is 0.0255. The van der Waals surface area contributed by atoms with E-state index in [-0.39, 0.29) is 11.8 Å². The largest absolute Gasteiger partial charge is 0.465 e. The van der Waals surface area contributed by atoms with Gasteiger partial charge in [-0.15, -0.1) is 0 Å². The molecular formula is C10H15NO3. The van der Waals surface area contributed by atoms with E-state index in [2.05, 4.69) is 0 Å². The van der Waals surface area contributed by atoms with E-state index in [1.807, 2.05) is 0 Å². The third-order valence-electron chi connectivity index (χ3n) is 3.39. The first-order chi connectivity index (χ1) is 6.68. The number of likely N-dealkylation sites (tertiary alicyclic amines) is 1. The highest BCUT2D eigenvalue weighted by Crippen LogP contribution is 2.33. The summed E-state index contributed by atoms with van der Waals surface area (Å²) in [5, 5.41) is 8.98. The van der Waals surface area contributed by atoms with Crippen LogP contribution in [0.2, 0.25) is 0 Å². The molecule has 1 amide bonds. The standard InChI is InChI=1S/C10H15NO3/c12-8-4-3-7-2-1-5-11(10(13)14)9(7)6-8/h7,9H,1-6H2,(H,13,14). The van der Waals surface area contributed by atoms with E-state index in [0.29, 0.717) is 25.3 Å². The zero-order valence-corrected chi connectivity index (χ0v) is 8.11. The molecule has 2 fully saturated rings. The van der Waals surface area contributed by atoms with Gasteiger partial charge >= 0.3 is 6.09 Å². The van der Waals surface area contributed by atoms with Gasteiger partial charge in [-0.2, -0.15) is 0 Å². The zero-order chi connectivity index (χ0) is 10.1. The number of carbonyl (C=O) groups is 2. The zero-order valence-electron chi connectivity index (χ0n) is 8.11. The molecular weight excluding hydrogens is 182 g/mol. The monoisotopic (exact) mass is 197 g/mol. The van der Waals surface area contributed by atoms with Crippen LogP contribution in [0.25, 0.3) is 0 Å². The predicted molar refractivity (Wildman–Crippen MR) is 50.1 cm³/mol. The van der Waals surface area contributed by atoms with Crippen LogP contribution in [0.1, 0.15) is 32.1 Å². The highest BCUT2D eigenvalue weighted by Gasteiger charge is 2.38. The Morgan fingerprint density at radius 1 is 1.43 bits per heavy atom. The molecule has 0 radical (unpaired) electrons. The van der Waals surface area contributed by atoms with Gasteiger partial charge in [-0.3, -0.25) is 4.79 Å². The number of hydrogen-bond donors (Lipinski definition) is 1. The smallest absolute Gasteiger partial charge is 0.407 e. The van der Waals surface area contributed by atoms with E-state index in [1.54, 1.807) is 0 Å². The molecule has 0 aromatic rings. The van der Waals surface area contributed by atoms with E-state index in [0.717, 1.165) is 19.3 Å². The second kappa shape index (κ2) is 3.59. The van der Waals surface area contributed by atoms with E-state index in [9.17, 15) is 9.59 Å². The van der Waals surface area contributed by atoms with Crippen LogP contribution in [-0.2, 0) is 4.79 Å². The van der Waals surface area contributed by atoms with Crippen molar-refractivity contribution in [3.63, 3.8) is 0 Å². The topological polar surface area (TPSA) is 57.6 Å². The normalized spacial score (nSPS) is 32.6. The summed E-state index contributed by atoms with van der Waals surface area (Å²) < 4.78 is 0. The van der Waals surface area contributed by atoms with Crippen LogP contribution < -0.4 is 0 Å². The molecule has 2 rings (SSSR count). The number of piperidine rings is 1. The highest BCUT2D eigenvalue weighted by molar-refractivity contribution is 5.80. The molecule has 2 aliphatic rings. The Hall–Kier alpha value is -1.06. The molecule has 0 bridgehead atoms. The van der Waals surface area contributed by atoms with Gasteiger partial charge in [0, 0.05) is 25.4 Å². The number of fused-ring (bicyclic) bond motifs is 1. The van der Waals surface area contributed by atoms with Crippen molar-refractivity contribution in [1.82, 2.24) is 4.90 Å². The second-order valence-electron chi connectivity index (χ2n) is 4.23. The van der Waals surface area contributed by atoms with Crippen LogP contribution in [0, 0.1) is 5.92 Å². The Morgan fingerprint density at radius 2 is 2.21 bits per heavy atom. The third kappa shape index (κ3) is 1.61. The Bertz CT molecular complexity index is 264. The van der Waals surface area contributed by atoms with E-state index >= 15 is 0 Å². The van der Waals surface area contributed by atoms with Crippen LogP contribution in [0.15, 0.2) is 0 Å². The molecule has 2 unspecified atom stereocenters. The first-order valence-corrected chi connectivity index (χ1v) is 5.20. The fraction of sp³-hybridized carbons (Fsp3) is 0.800. The van der Waals surface area contributed by atoms with Crippen molar-refractivity contribution in [2.45, 2.75) is 38.1 Å². The summed E-state index contributed by atoms with van der Waals surface area (Å²) in [6.07, 6.45) is 3.14. The average Bonchev–Trinajstić information content (AvgIpc) is 2.16. The van der Waals surface area contributed by atoms with Crippen molar-refractivity contribution in [2.75, 3.05) is 6.54 Å². The lowest BCUT2D eigenvalue weighted by Gasteiger charge is -2.41. The van der Waals surface area contributed by atoms with Gasteiger partial charge in [0.15, 0.2) is 0 Å². The average molecular weight is 197 g/mol. The number of rotatable bonds is 0. The van der Waals surface area contributed by atoms with Crippen LogP contribution in [-0.4, -0.2) is 34.5 Å². The van der Waals surface area contributed by atoms with Gasteiger partial charge in [0.05, 0.1) is 0 Å². The van der Waals surface area contributed by atoms with E-state index in [1.165, 1.54) is 4.90 Å². The molecule has 4 nitrogen and oxygen atoms in total. The van der Waals surface area contributed by atoms with Crippen molar-refractivity contribution < 1.29 is 14.7 Å². The molecule has 1 saturated carbocycles. The van der Waals surface area contributed by atoms with Crippen molar-refractivity contribution in [1.29, 1.82) is 0 Å². The summed E-state index contributed by atoms with van der Waals surface area (Å²) >= 11 is 0. The summed E-state index contributed by atoms with van der Waals surface area (Å²) in [5.74, 6) is 0.650. The predicted octanol–water partition coefficient (Wildman–Crippen LogP) is 1.50. The number of carboxylic acid groups (broad SMARTS) is 1. The van der Waals surface area contributed by atoms with E-state index in [4.69, 9.17) is 5.11 Å². The SMILES string of the molecule is O=C1CCC2CCCN(C(=O)O)C2C1. The number of nitrogens with zero attached hydrogens (tertiary/aromatic N) is 1. The number of hydrogen-bond acceptors (Lipinski definition) is 2. The van der Waals surface area contributed by atoms with Crippen LogP contribution in [0.5, 0.6) is 0 Å². The fourth-order valence-corrected chi connectivity index (χ4v) is 2.67. The van der Waals surface area contributed by atoms with Crippen molar-refractivity contribution in [3.8, 4) is 0 Å². The minimum Gasteiger partial charge on any atom is -0.465 e. The summed E-state index contributed by atoms with van der Waals surface area (Å²) in [5.41, 5.74) is 0. The maximum atomic E-state index is 11.3. The van der Waals surface area contributed by atoms with Gasteiger partial charge in [0.25, 0.3) is 0 Å². The van der Waals surface area contributed by atoms with Gasteiger partial charge in [-0.05, 0) is 25.2 Å². The lowest BCUT2D eigenvalue weighted by molar-refractivity contribution is -0.123. The molecule has 1 heterocycles. The molecule has 0 aromatic heterocycles. The van der Waals surface area contributed by atoms with Gasteiger partial charge in [0.1, 0.15) is 5.78 Å². The van der Waals surface area contributed by atoms with Gasteiger partial charge in [-0.1, -0.05) is 0 Å². The Labute approximate surface area is 82.9 Å². The number of ketones is 1. The molecule has 1 aliphatic heterocycles. The molecule has 78 valence electrons. The summed E-state index contributed by atoms with van der Waals surface area (Å²) in [6.45, 7) is 0.601. The van der Waals surface area contributed by atoms with Crippen molar-refractivity contribution in [3.05, 3.63) is 0 Å². The van der Waals surface area contributed by atoms with Gasteiger partial charge < -0.3 is 10.0 Å². The Morgan fingerprint density at radius 3 is 2.93 bits per heavy atom. The second-order valence-corrected chi connectivity index (χ2v) is 4.23. The Kier molecular flexibility index (Phi) is 2.44. The lowest BCUT2D eigenvalue weighted by Crippen LogP contribution is -2.50. The lowest BCUT2D eigenvalue weighted by atomic mass is 9.78. The minimum atomic E-state index is -0.866. The maximum Gasteiger partial charge on any atom is 0.407 e. The van der Waals surface area contributed by atoms with Crippen LogP contribution in [0.4, 0.5) is 4.79 Å². The van der Waals surface area contributed by atoms with Crippen LogP contribution in [0.3, 0.4) is 0 Å². The Balaban J connectivity index is 2.12. The number of Topliss-reactive ketones (excluding diaryl/α,β-unsaturated/α-hetero) is 1.